The van der Waals surface area contributed by atoms with Gasteiger partial charge in [0.1, 0.15) is 12.1 Å². The van der Waals surface area contributed by atoms with Gasteiger partial charge in [0.2, 0.25) is 5.91 Å². The lowest BCUT2D eigenvalue weighted by atomic mass is 9.88. The maximum absolute atomic E-state index is 13.2. The standard InChI is InChI=1S/C24H23N3O3/c1-24(20-13-7-11-18-10-5-6-12-19(18)20)22(29)27(23(30)26-24)16-21(28)25-15-14-17-8-3-2-4-9-17/h2-13H,14-16H2,1H3,(H,25,28)(H,26,30)/t24-/m0/s1. The van der Waals surface area contributed by atoms with Crippen LogP contribution in [0.5, 0.6) is 0 Å². The molecule has 152 valence electrons. The van der Waals surface area contributed by atoms with Crippen LogP contribution >= 0.6 is 0 Å². The number of benzene rings is 3. The Labute approximate surface area is 174 Å². The zero-order valence-electron chi connectivity index (χ0n) is 16.7. The summed E-state index contributed by atoms with van der Waals surface area (Å²) < 4.78 is 0. The third-order valence-electron chi connectivity index (χ3n) is 5.48. The fraction of sp³-hybridized carbons (Fsp3) is 0.208. The first-order valence-corrected chi connectivity index (χ1v) is 9.92. The maximum atomic E-state index is 13.2. The van der Waals surface area contributed by atoms with Gasteiger partial charge in [-0.2, -0.15) is 0 Å². The molecule has 6 heteroatoms. The smallest absolute Gasteiger partial charge is 0.325 e. The van der Waals surface area contributed by atoms with Crippen molar-refractivity contribution in [2.75, 3.05) is 13.1 Å². The van der Waals surface area contributed by atoms with Crippen molar-refractivity contribution in [3.05, 3.63) is 83.9 Å². The minimum absolute atomic E-state index is 0.306. The number of hydrogen-bond acceptors (Lipinski definition) is 3. The van der Waals surface area contributed by atoms with E-state index in [1.807, 2.05) is 72.8 Å². The molecule has 1 aliphatic heterocycles. The minimum Gasteiger partial charge on any atom is -0.354 e. The van der Waals surface area contributed by atoms with E-state index in [1.54, 1.807) is 6.92 Å². The highest BCUT2D eigenvalue weighted by Crippen LogP contribution is 2.33. The van der Waals surface area contributed by atoms with Crippen LogP contribution in [0.4, 0.5) is 4.79 Å². The predicted molar refractivity (Wildman–Crippen MR) is 115 cm³/mol. The van der Waals surface area contributed by atoms with Crippen LogP contribution in [0.15, 0.2) is 72.8 Å². The van der Waals surface area contributed by atoms with Crippen molar-refractivity contribution in [2.45, 2.75) is 18.9 Å². The molecule has 4 rings (SSSR count). The molecule has 1 aliphatic rings. The number of carbonyl (C=O) groups excluding carboxylic acids is 3. The summed E-state index contributed by atoms with van der Waals surface area (Å²) in [5, 5.41) is 7.44. The number of urea groups is 1. The van der Waals surface area contributed by atoms with E-state index in [1.165, 1.54) is 0 Å². The van der Waals surface area contributed by atoms with Crippen LogP contribution in [0.3, 0.4) is 0 Å². The van der Waals surface area contributed by atoms with Crippen molar-refractivity contribution in [3.8, 4) is 0 Å². The van der Waals surface area contributed by atoms with Crippen molar-refractivity contribution >= 4 is 28.6 Å². The average molecular weight is 401 g/mol. The summed E-state index contributed by atoms with van der Waals surface area (Å²) >= 11 is 0. The van der Waals surface area contributed by atoms with Crippen LogP contribution in [0.2, 0.25) is 0 Å². The van der Waals surface area contributed by atoms with Crippen LogP contribution in [0, 0.1) is 0 Å². The van der Waals surface area contributed by atoms with E-state index in [4.69, 9.17) is 0 Å². The topological polar surface area (TPSA) is 78.5 Å². The molecule has 0 spiro atoms. The Morgan fingerprint density at radius 1 is 0.967 bits per heavy atom. The second-order valence-electron chi connectivity index (χ2n) is 7.56. The monoisotopic (exact) mass is 401 g/mol. The van der Waals surface area contributed by atoms with Crippen LogP contribution in [0.25, 0.3) is 10.8 Å². The molecule has 0 aromatic heterocycles. The molecule has 4 amide bonds. The largest absolute Gasteiger partial charge is 0.354 e. The molecule has 0 bridgehead atoms. The van der Waals surface area contributed by atoms with Gasteiger partial charge in [0, 0.05) is 6.54 Å². The van der Waals surface area contributed by atoms with E-state index in [0.29, 0.717) is 18.5 Å². The number of nitrogens with one attached hydrogen (secondary N) is 2. The van der Waals surface area contributed by atoms with E-state index in [-0.39, 0.29) is 12.5 Å². The van der Waals surface area contributed by atoms with E-state index in [9.17, 15) is 14.4 Å². The summed E-state index contributed by atoms with van der Waals surface area (Å²) in [5.74, 6) is -0.793. The molecule has 2 N–H and O–H groups in total. The van der Waals surface area contributed by atoms with Crippen molar-refractivity contribution in [3.63, 3.8) is 0 Å². The fourth-order valence-corrected chi connectivity index (χ4v) is 3.87. The Morgan fingerprint density at radius 3 is 2.47 bits per heavy atom. The number of imide groups is 1. The molecule has 3 aromatic rings. The molecule has 1 atom stereocenters. The average Bonchev–Trinajstić information content (AvgIpc) is 2.98. The summed E-state index contributed by atoms with van der Waals surface area (Å²) in [4.78, 5) is 39.1. The first-order chi connectivity index (χ1) is 14.5. The third kappa shape index (κ3) is 3.64. The lowest BCUT2D eigenvalue weighted by molar-refractivity contribution is -0.134. The predicted octanol–water partition coefficient (Wildman–Crippen LogP) is 2.97. The number of rotatable bonds is 6. The van der Waals surface area contributed by atoms with Crippen LogP contribution < -0.4 is 10.6 Å². The first kappa shape index (κ1) is 19.6. The van der Waals surface area contributed by atoms with Crippen molar-refractivity contribution in [2.24, 2.45) is 0 Å². The van der Waals surface area contributed by atoms with Crippen molar-refractivity contribution in [1.82, 2.24) is 15.5 Å². The number of carbonyl (C=O) groups is 3. The molecule has 6 nitrogen and oxygen atoms in total. The van der Waals surface area contributed by atoms with Gasteiger partial charge >= 0.3 is 6.03 Å². The van der Waals surface area contributed by atoms with Crippen molar-refractivity contribution in [1.29, 1.82) is 0 Å². The minimum atomic E-state index is -1.22. The summed E-state index contributed by atoms with van der Waals surface area (Å²) in [5.41, 5.74) is 0.602. The summed E-state index contributed by atoms with van der Waals surface area (Å²) in [7, 11) is 0. The Kier molecular flexibility index (Phi) is 5.23. The SMILES string of the molecule is C[C@@]1(c2cccc3ccccc23)NC(=O)N(CC(=O)NCCc2ccccc2)C1=O. The lowest BCUT2D eigenvalue weighted by Crippen LogP contribution is -2.43. The molecule has 1 fully saturated rings. The summed E-state index contributed by atoms with van der Waals surface area (Å²) in [6, 6.07) is 22.6. The first-order valence-electron chi connectivity index (χ1n) is 9.92. The Bertz CT molecular complexity index is 1110. The number of hydrogen-bond donors (Lipinski definition) is 2. The Balaban J connectivity index is 1.46. The van der Waals surface area contributed by atoms with Crippen LogP contribution in [-0.4, -0.2) is 35.8 Å². The van der Waals surface area contributed by atoms with E-state index in [0.717, 1.165) is 21.2 Å². The second-order valence-corrected chi connectivity index (χ2v) is 7.56. The molecule has 1 saturated heterocycles. The maximum Gasteiger partial charge on any atom is 0.325 e. The van der Waals surface area contributed by atoms with Gasteiger partial charge in [-0.3, -0.25) is 14.5 Å². The quantitative estimate of drug-likeness (QED) is 0.624. The Morgan fingerprint density at radius 2 is 1.67 bits per heavy atom. The van der Waals surface area contributed by atoms with Crippen LogP contribution in [-0.2, 0) is 21.5 Å². The van der Waals surface area contributed by atoms with E-state index < -0.39 is 17.5 Å². The molecule has 0 unspecified atom stereocenters. The van der Waals surface area contributed by atoms with Gasteiger partial charge in [0.05, 0.1) is 0 Å². The van der Waals surface area contributed by atoms with Gasteiger partial charge in [-0.05, 0) is 35.2 Å². The highest BCUT2D eigenvalue weighted by molar-refractivity contribution is 6.10. The zero-order chi connectivity index (χ0) is 21.1. The number of nitrogens with zero attached hydrogens (tertiary/aromatic N) is 1. The molecular formula is C24H23N3O3. The van der Waals surface area contributed by atoms with Crippen LogP contribution in [0.1, 0.15) is 18.1 Å². The Hall–Kier alpha value is -3.67. The number of fused-ring (bicyclic) bond motifs is 1. The molecule has 3 aromatic carbocycles. The van der Waals surface area contributed by atoms with E-state index in [2.05, 4.69) is 10.6 Å². The summed E-state index contributed by atoms with van der Waals surface area (Å²) in [6.07, 6.45) is 0.681. The van der Waals surface area contributed by atoms with Gasteiger partial charge in [0.15, 0.2) is 0 Å². The zero-order valence-corrected chi connectivity index (χ0v) is 16.7. The molecule has 0 saturated carbocycles. The molecule has 0 radical (unpaired) electrons. The highest BCUT2D eigenvalue weighted by Gasteiger charge is 2.50. The molecular weight excluding hydrogens is 378 g/mol. The molecule has 1 heterocycles. The second kappa shape index (κ2) is 7.99. The van der Waals surface area contributed by atoms with Gasteiger partial charge in [-0.1, -0.05) is 72.8 Å². The van der Waals surface area contributed by atoms with Gasteiger partial charge in [-0.25, -0.2) is 4.79 Å². The fourth-order valence-electron chi connectivity index (χ4n) is 3.87. The van der Waals surface area contributed by atoms with E-state index >= 15 is 0 Å². The third-order valence-corrected chi connectivity index (χ3v) is 5.48. The van der Waals surface area contributed by atoms with Gasteiger partial charge in [0.25, 0.3) is 5.91 Å². The van der Waals surface area contributed by atoms with Gasteiger partial charge in [-0.15, -0.1) is 0 Å². The number of amides is 4. The lowest BCUT2D eigenvalue weighted by Gasteiger charge is -2.24. The molecule has 0 aliphatic carbocycles. The highest BCUT2D eigenvalue weighted by atomic mass is 16.2. The van der Waals surface area contributed by atoms with Crippen molar-refractivity contribution < 1.29 is 14.4 Å². The summed E-state index contributed by atoms with van der Waals surface area (Å²) in [6.45, 7) is 1.81. The normalized spacial score (nSPS) is 18.5. The van der Waals surface area contributed by atoms with Gasteiger partial charge < -0.3 is 10.6 Å². The molecule has 30 heavy (non-hydrogen) atoms.